The van der Waals surface area contributed by atoms with Crippen LogP contribution in [0.2, 0.25) is 0 Å². The van der Waals surface area contributed by atoms with Crippen LogP contribution in [0, 0.1) is 0 Å². The number of carbonyl (C=O) groups excluding carboxylic acids is 3. The van der Waals surface area contributed by atoms with Crippen LogP contribution in [0.15, 0.2) is 30.9 Å². The second-order valence-corrected chi connectivity index (χ2v) is 7.67. The summed E-state index contributed by atoms with van der Waals surface area (Å²) in [5, 5.41) is 5.60. The van der Waals surface area contributed by atoms with Crippen LogP contribution in [-0.4, -0.2) is 48.2 Å². The predicted octanol–water partition coefficient (Wildman–Crippen LogP) is 1.22. The van der Waals surface area contributed by atoms with E-state index in [-0.39, 0.29) is 18.2 Å². The lowest BCUT2D eigenvalue weighted by Crippen LogP contribution is -2.52. The minimum absolute atomic E-state index is 0.183. The molecule has 3 aromatic rings. The Morgan fingerprint density at radius 3 is 2.87 bits per heavy atom. The Hall–Kier alpha value is -3.82. The fourth-order valence-electron chi connectivity index (χ4n) is 4.14. The quantitative estimate of drug-likeness (QED) is 0.596. The maximum Gasteiger partial charge on any atom is 0.255 e. The fraction of sp³-hybridized carbons (Fsp3) is 0.333. The number of carbonyl (C=O) groups is 3. The first-order chi connectivity index (χ1) is 15.0. The number of aryl methyl sites for hydroxylation is 1. The zero-order valence-corrected chi connectivity index (χ0v) is 17.0. The van der Waals surface area contributed by atoms with Crippen molar-refractivity contribution in [3.8, 4) is 0 Å². The van der Waals surface area contributed by atoms with Crippen molar-refractivity contribution >= 4 is 34.7 Å². The first kappa shape index (κ1) is 19.2. The molecule has 3 amide bonds. The minimum Gasteiger partial charge on any atom is -0.364 e. The maximum absolute atomic E-state index is 13.0. The summed E-state index contributed by atoms with van der Waals surface area (Å²) in [5.74, 6) is -0.244. The van der Waals surface area contributed by atoms with Crippen molar-refractivity contribution in [2.75, 3.05) is 5.32 Å². The van der Waals surface area contributed by atoms with E-state index in [0.29, 0.717) is 36.4 Å². The predicted molar refractivity (Wildman–Crippen MR) is 111 cm³/mol. The molecule has 2 N–H and O–H groups in total. The monoisotopic (exact) mass is 419 g/mol. The molecule has 0 spiro atoms. The van der Waals surface area contributed by atoms with E-state index < -0.39 is 11.9 Å². The third kappa shape index (κ3) is 3.29. The lowest BCUT2D eigenvalue weighted by atomic mass is 10.0. The lowest BCUT2D eigenvalue weighted by Gasteiger charge is -2.29. The molecule has 0 saturated carbocycles. The number of rotatable bonds is 5. The largest absolute Gasteiger partial charge is 0.364 e. The first-order valence-electron chi connectivity index (χ1n) is 10.2. The molecule has 0 bridgehead atoms. The number of piperidine rings is 1. The van der Waals surface area contributed by atoms with Gasteiger partial charge in [-0.2, -0.15) is 0 Å². The number of hydrogen-bond donors (Lipinski definition) is 2. The van der Waals surface area contributed by atoms with E-state index in [1.54, 1.807) is 11.2 Å². The highest BCUT2D eigenvalue weighted by Crippen LogP contribution is 2.28. The van der Waals surface area contributed by atoms with Gasteiger partial charge in [0.15, 0.2) is 11.5 Å². The molecular formula is C21H21N7O3. The van der Waals surface area contributed by atoms with E-state index in [9.17, 15) is 14.4 Å². The number of fused-ring (bicyclic) bond motifs is 2. The zero-order valence-electron chi connectivity index (χ0n) is 17.0. The third-order valence-corrected chi connectivity index (χ3v) is 5.79. The van der Waals surface area contributed by atoms with E-state index in [1.807, 2.05) is 29.7 Å². The fourth-order valence-corrected chi connectivity index (χ4v) is 4.14. The molecule has 0 aliphatic carbocycles. The van der Waals surface area contributed by atoms with Crippen LogP contribution in [0.3, 0.4) is 0 Å². The Kier molecular flexibility index (Phi) is 4.61. The number of nitrogens with one attached hydrogen (secondary N) is 2. The molecular weight excluding hydrogens is 398 g/mol. The molecule has 10 heteroatoms. The average Bonchev–Trinajstić information content (AvgIpc) is 3.33. The topological polar surface area (TPSA) is 122 Å². The van der Waals surface area contributed by atoms with Gasteiger partial charge in [0.25, 0.3) is 5.91 Å². The van der Waals surface area contributed by atoms with Crippen molar-refractivity contribution in [2.45, 2.75) is 45.4 Å². The number of benzene rings is 1. The van der Waals surface area contributed by atoms with Crippen molar-refractivity contribution in [1.82, 2.24) is 29.7 Å². The van der Waals surface area contributed by atoms with Crippen molar-refractivity contribution in [3.05, 3.63) is 47.5 Å². The Bertz CT molecular complexity index is 1220. The van der Waals surface area contributed by atoms with E-state index in [2.05, 4.69) is 25.6 Å². The summed E-state index contributed by atoms with van der Waals surface area (Å²) in [4.78, 5) is 51.1. The van der Waals surface area contributed by atoms with Gasteiger partial charge >= 0.3 is 0 Å². The summed E-state index contributed by atoms with van der Waals surface area (Å²) in [5.41, 5.74) is 3.85. The van der Waals surface area contributed by atoms with Crippen molar-refractivity contribution in [1.29, 1.82) is 0 Å². The first-order valence-corrected chi connectivity index (χ1v) is 10.2. The van der Waals surface area contributed by atoms with Crippen molar-refractivity contribution < 1.29 is 14.4 Å². The van der Waals surface area contributed by atoms with Gasteiger partial charge in [-0.3, -0.25) is 19.7 Å². The Balaban J connectivity index is 1.33. The molecule has 2 aliphatic rings. The number of nitrogens with zero attached hydrogens (tertiary/aromatic N) is 5. The van der Waals surface area contributed by atoms with Crippen molar-refractivity contribution in [2.24, 2.45) is 0 Å². The third-order valence-electron chi connectivity index (χ3n) is 5.79. The molecule has 0 radical (unpaired) electrons. The van der Waals surface area contributed by atoms with E-state index in [0.717, 1.165) is 23.3 Å². The van der Waals surface area contributed by atoms with Crippen LogP contribution in [-0.2, 0) is 29.2 Å². The van der Waals surface area contributed by atoms with Crippen LogP contribution in [0.4, 0.5) is 5.82 Å². The molecule has 1 saturated heterocycles. The number of anilines is 1. The molecule has 10 nitrogen and oxygen atoms in total. The number of imide groups is 1. The molecule has 2 aromatic heterocycles. The zero-order chi connectivity index (χ0) is 21.5. The molecule has 5 rings (SSSR count). The average molecular weight is 419 g/mol. The van der Waals surface area contributed by atoms with Gasteiger partial charge in [-0.05, 0) is 30.5 Å². The van der Waals surface area contributed by atoms with Crippen LogP contribution < -0.4 is 10.6 Å². The van der Waals surface area contributed by atoms with Gasteiger partial charge in [0.1, 0.15) is 17.9 Å². The summed E-state index contributed by atoms with van der Waals surface area (Å²) < 4.78 is 1.94. The number of aromatic nitrogens is 4. The smallest absolute Gasteiger partial charge is 0.255 e. The van der Waals surface area contributed by atoms with Gasteiger partial charge in [-0.15, -0.1) is 0 Å². The van der Waals surface area contributed by atoms with Gasteiger partial charge in [-0.1, -0.05) is 12.1 Å². The summed E-state index contributed by atoms with van der Waals surface area (Å²) in [6, 6.07) is 5.11. The van der Waals surface area contributed by atoms with Crippen LogP contribution in [0.1, 0.15) is 41.3 Å². The van der Waals surface area contributed by atoms with Gasteiger partial charge in [-0.25, -0.2) is 15.0 Å². The number of imidazole rings is 1. The SMILES string of the molecule is CCn1cnc2c(NCc3ccc4c(c3)C(=O)N(C3CCC(=O)NC3=O)C4)ncnc21. The number of amides is 3. The summed E-state index contributed by atoms with van der Waals surface area (Å²) in [7, 11) is 0. The Morgan fingerprint density at radius 2 is 2.06 bits per heavy atom. The van der Waals surface area contributed by atoms with E-state index in [1.165, 1.54) is 6.33 Å². The standard InChI is InChI=1S/C21H21N7O3/c1-2-27-11-25-17-18(23-10-24-19(17)27)22-8-12-3-4-13-9-28(21(31)14(13)7-12)15-5-6-16(29)26-20(15)30/h3-4,7,10-11,15H,2,5-6,8-9H2,1H3,(H,22,23,24)(H,26,29,30). The molecule has 1 fully saturated rings. The minimum atomic E-state index is -0.609. The van der Waals surface area contributed by atoms with Gasteiger partial charge in [0, 0.05) is 31.6 Å². The molecule has 4 heterocycles. The highest BCUT2D eigenvalue weighted by Gasteiger charge is 2.39. The van der Waals surface area contributed by atoms with Crippen molar-refractivity contribution in [3.63, 3.8) is 0 Å². The van der Waals surface area contributed by atoms with Gasteiger partial charge in [0.05, 0.1) is 6.33 Å². The molecule has 1 unspecified atom stereocenters. The highest BCUT2D eigenvalue weighted by molar-refractivity contribution is 6.05. The molecule has 158 valence electrons. The molecule has 1 aromatic carbocycles. The van der Waals surface area contributed by atoms with Gasteiger partial charge in [0.2, 0.25) is 11.8 Å². The Morgan fingerprint density at radius 1 is 1.19 bits per heavy atom. The molecule has 1 atom stereocenters. The summed E-state index contributed by atoms with van der Waals surface area (Å²) >= 11 is 0. The summed E-state index contributed by atoms with van der Waals surface area (Å²) in [6.07, 6.45) is 3.84. The Labute approximate surface area is 177 Å². The second-order valence-electron chi connectivity index (χ2n) is 7.67. The van der Waals surface area contributed by atoms with Crippen LogP contribution in [0.5, 0.6) is 0 Å². The van der Waals surface area contributed by atoms with E-state index in [4.69, 9.17) is 0 Å². The normalized spacial score (nSPS) is 18.4. The highest BCUT2D eigenvalue weighted by atomic mass is 16.2. The van der Waals surface area contributed by atoms with E-state index >= 15 is 0 Å². The second kappa shape index (κ2) is 7.46. The lowest BCUT2D eigenvalue weighted by molar-refractivity contribution is -0.136. The summed E-state index contributed by atoms with van der Waals surface area (Å²) in [6.45, 7) is 3.62. The van der Waals surface area contributed by atoms with Crippen LogP contribution in [0.25, 0.3) is 11.2 Å². The molecule has 2 aliphatic heterocycles. The van der Waals surface area contributed by atoms with Gasteiger partial charge < -0.3 is 14.8 Å². The maximum atomic E-state index is 13.0. The van der Waals surface area contributed by atoms with Crippen LogP contribution >= 0.6 is 0 Å². The molecule has 31 heavy (non-hydrogen) atoms. The number of hydrogen-bond acceptors (Lipinski definition) is 7.